The molecule has 728 valence electrons. The standard InChI is InChI=1S/C32H40F2N4O7.C30H36F2N4O7.C21H26N2.C12H17NO3S.2CH4.2ClH.Ru/c1-7-16-43-23-14-11-15-24(23)45-30(41)37-26(31(3,4)5)28(39)38-18-19(17-22(38)29(40)42-6)44-27-25(32(33,34)8-2)35-20-12-9-10-13-21(20)36-27;1-29(2,3)24-26(37)36-16-17(15-20(36)27(38)40-4)42-25-23(33-18-9-5-6-10-19(18)34-25)30(31,32)13-8-14-41-21-11-7-12-22(21)43-28(39)35-24;1-14-9-16(3)20(17(4)10-14)22-7-8-23(13-22)21-18(5)11-15(2)12-19(21)6;1-9(2)16-12-7-6-11(8-10(12)3)17(14,15)13(4)5;;;;;/h7-10,12-13,19,22-24,26H,1-2,11,14-18H2,3-6H3,(H,37,41);5-6,8-10,13,17,20-22,24H,7,11-12,14-16H2,1-4H3,(H,35,39);9-12H,7-8H2,1-6H3;3,6-9H,1-2,4-5H3;2*1H4;2*1H;/q;;;;;;;;+2/p-2/b;13-8+;;;;;;;/t19-,22+,23-,24-,26-;17-,20+,21-,22-,24-;;;;;;;/m11......./s1. The van der Waals surface area contributed by atoms with Crippen LogP contribution in [0.1, 0.15) is 172 Å². The maximum absolute atomic E-state index is 15.7. The van der Waals surface area contributed by atoms with E-state index in [4.69, 9.17) is 62.0 Å². The second kappa shape index (κ2) is 44.2. The molecule has 36 heteroatoms. The summed E-state index contributed by atoms with van der Waals surface area (Å²) in [6.45, 7) is 35.3. The first-order valence-electron chi connectivity index (χ1n) is 43.4. The molecule has 6 heterocycles. The number of fused-ring (bicyclic) bond motifs is 6. The van der Waals surface area contributed by atoms with Crippen molar-refractivity contribution in [2.45, 2.75) is 247 Å². The quantitative estimate of drug-likeness (QED) is 0.0250. The molecule has 2 aromatic heterocycles. The number of nitrogens with one attached hydrogen (secondary N) is 2. The number of allylic oxidation sites excluding steroid dienone is 2. The predicted octanol–water partition coefficient (Wildman–Crippen LogP) is 17.2. The van der Waals surface area contributed by atoms with Gasteiger partial charge < -0.3 is 58.3 Å². The fraction of sp³-hybridized carbons (Fsp3) is 0.505. The van der Waals surface area contributed by atoms with Crippen LogP contribution in [0.15, 0.2) is 133 Å². The van der Waals surface area contributed by atoms with Crippen molar-refractivity contribution in [2.24, 2.45) is 10.8 Å². The molecule has 4 aliphatic heterocycles. The van der Waals surface area contributed by atoms with Gasteiger partial charge in [-0.25, -0.2) is 39.1 Å². The number of methoxy groups -OCH3 is 2. The van der Waals surface area contributed by atoms with Crippen molar-refractivity contribution in [1.29, 1.82) is 0 Å². The number of benzene rings is 5. The Kier molecular flexibility index (Phi) is 35.4. The molecule has 6 aliphatic rings. The Bertz CT molecular complexity index is 5630. The van der Waals surface area contributed by atoms with Gasteiger partial charge in [0, 0.05) is 12.8 Å². The van der Waals surface area contributed by atoms with Gasteiger partial charge in [-0.05, 0) is 85.8 Å². The number of hydrogen-bond acceptors (Lipinski definition) is 23. The first-order valence-corrected chi connectivity index (χ1v) is 51.2. The summed E-state index contributed by atoms with van der Waals surface area (Å²) in [4.78, 5) is 104. The van der Waals surface area contributed by atoms with Gasteiger partial charge in [-0.1, -0.05) is 99.4 Å². The van der Waals surface area contributed by atoms with Crippen LogP contribution in [0, 0.1) is 52.4 Å². The van der Waals surface area contributed by atoms with Gasteiger partial charge in [0.25, 0.3) is 0 Å². The van der Waals surface area contributed by atoms with E-state index < -0.39 is 158 Å². The number of hydrogen-bond donors (Lipinski definition) is 2. The number of sulfonamides is 1. The zero-order valence-electron chi connectivity index (χ0n) is 77.2. The molecule has 10 atom stereocenters. The Morgan fingerprint density at radius 3 is 1.83 bits per heavy atom. The van der Waals surface area contributed by atoms with Gasteiger partial charge in [0.1, 0.15) is 48.6 Å². The zero-order chi connectivity index (χ0) is 95.9. The van der Waals surface area contributed by atoms with Crippen LogP contribution in [-0.4, -0.2) is 222 Å². The van der Waals surface area contributed by atoms with Crippen molar-refractivity contribution in [3.05, 3.63) is 179 Å². The van der Waals surface area contributed by atoms with Crippen molar-refractivity contribution < 1.29 is 109 Å². The molecule has 28 nitrogen and oxygen atoms in total. The first kappa shape index (κ1) is 107. The fourth-order valence-electron chi connectivity index (χ4n) is 17.1. The van der Waals surface area contributed by atoms with E-state index in [0.717, 1.165) is 50.8 Å². The van der Waals surface area contributed by atoms with Crippen LogP contribution in [0.4, 0.5) is 38.5 Å². The molecule has 2 N–H and O–H groups in total. The summed E-state index contributed by atoms with van der Waals surface area (Å²) >= 11 is -3.95. The number of ether oxygens (including phenoxy) is 9. The Labute approximate surface area is 788 Å². The van der Waals surface area contributed by atoms with E-state index in [1.54, 1.807) is 114 Å². The third-order valence-corrected chi connectivity index (χ3v) is 30.4. The summed E-state index contributed by atoms with van der Waals surface area (Å²) in [5.41, 5.74) is 7.90. The summed E-state index contributed by atoms with van der Waals surface area (Å²) in [6.07, 6.45) is 2.32. The fourth-order valence-corrected chi connectivity index (χ4v) is 24.1. The number of carbonyl (C=O) groups is 6. The second-order valence-electron chi connectivity index (χ2n) is 36.0. The average Bonchev–Trinajstić information content (AvgIpc) is 1.65. The van der Waals surface area contributed by atoms with Crippen LogP contribution in [0.3, 0.4) is 0 Å². The summed E-state index contributed by atoms with van der Waals surface area (Å²) < 4.78 is 142. The molecule has 3 saturated heterocycles. The van der Waals surface area contributed by atoms with E-state index in [1.165, 1.54) is 59.6 Å². The van der Waals surface area contributed by atoms with Gasteiger partial charge in [0.2, 0.25) is 23.6 Å². The summed E-state index contributed by atoms with van der Waals surface area (Å²) in [5.74, 6) is -10.1. The number of likely N-dealkylation sites (tertiary alicyclic amines) is 1. The Morgan fingerprint density at radius 1 is 0.729 bits per heavy atom. The number of para-hydroxylation sites is 4. The van der Waals surface area contributed by atoms with Gasteiger partial charge in [-0.2, -0.15) is 17.6 Å². The number of carbonyl (C=O) groups excluding carboxylic acids is 6. The van der Waals surface area contributed by atoms with Crippen molar-refractivity contribution in [1.82, 2.24) is 44.7 Å². The van der Waals surface area contributed by atoms with Crippen LogP contribution in [0.25, 0.3) is 22.1 Å². The Morgan fingerprint density at radius 2 is 1.28 bits per heavy atom. The normalized spacial score (nSPS) is 21.7. The monoisotopic (exact) mass is 2000 g/mol. The number of alkyl carbamates (subject to hydrolysis) is 2. The van der Waals surface area contributed by atoms with Crippen LogP contribution >= 0.6 is 19.4 Å². The van der Waals surface area contributed by atoms with Crippen LogP contribution in [0.2, 0.25) is 0 Å². The number of esters is 2. The molecule has 0 radical (unpaired) electrons. The number of aromatic nitrogens is 4. The van der Waals surface area contributed by atoms with E-state index >= 15 is 8.78 Å². The van der Waals surface area contributed by atoms with Crippen molar-refractivity contribution in [3.8, 4) is 17.5 Å². The molecule has 133 heavy (non-hydrogen) atoms. The molecule has 5 fully saturated rings. The minimum atomic E-state index is -3.95. The molecule has 2 bridgehead atoms. The first-order chi connectivity index (χ1) is 61.6. The van der Waals surface area contributed by atoms with E-state index in [2.05, 4.69) is 119 Å². The Hall–Kier alpha value is -10.1. The topological polar surface area (TPSA) is 311 Å². The van der Waals surface area contributed by atoms with E-state index in [9.17, 15) is 46.0 Å². The minimum absolute atomic E-state index is 0. The van der Waals surface area contributed by atoms with Crippen LogP contribution < -0.4 is 34.6 Å². The van der Waals surface area contributed by atoms with E-state index in [0.29, 0.717) is 79.9 Å². The van der Waals surface area contributed by atoms with Gasteiger partial charge in [-0.3, -0.25) is 9.59 Å². The van der Waals surface area contributed by atoms with Crippen LogP contribution in [-0.2, 0) is 81.4 Å². The average molecular weight is 2000 g/mol. The number of aryl methyl sites for hydroxylation is 6. The SMILES string of the molecule is C.C.C=CCO[C@@H]1CCC[C@H]1OC(=O)N[C@H](C(=O)N1C[C@H](Oc2nc3ccccc3nc2C(F)(F)C=C)C[C@H]1C(=O)OC)C(C)(C)C.COC(=O)[C@@H]1C[C@@H]2CN1C(=O)[C@H](C(C)(C)C)NC(=O)O[C@@H]1CCC[C@H]1OC/C=C/C(F)(F)c1nc3ccccc3nc1O2.Cc1cc(C)c(N2CCN(c3c(C)cc(C)cc3C)[C]2=[Ru]([Cl])([Cl])=[CH]c2cc(S(=O)(=O)N(C)C)ccc2OC(C)C)c(C)c1. The summed E-state index contributed by atoms with van der Waals surface area (Å²) in [7, 11) is 17.0. The number of alkyl halides is 4. The second-order valence-corrected chi connectivity index (χ2v) is 47.4. The number of halogens is 6. The molecule has 0 spiro atoms. The van der Waals surface area contributed by atoms with Crippen molar-refractivity contribution in [2.75, 3.05) is 77.5 Å². The van der Waals surface area contributed by atoms with Crippen molar-refractivity contribution in [3.63, 3.8) is 0 Å². The number of rotatable bonds is 19. The molecule has 4 amide bonds. The number of nitrogens with zero attached hydrogens (tertiary/aromatic N) is 9. The van der Waals surface area contributed by atoms with Gasteiger partial charge in [-0.15, -0.1) is 6.58 Å². The number of amides is 4. The maximum atomic E-state index is 15.7. The molecular weight excluding hydrogens is 1870 g/mol. The Balaban J connectivity index is 0.000000223. The zero-order valence-corrected chi connectivity index (χ0v) is 81.3. The van der Waals surface area contributed by atoms with Gasteiger partial charge in [0.15, 0.2) is 11.4 Å². The third-order valence-electron chi connectivity index (χ3n) is 23.1. The van der Waals surface area contributed by atoms with Gasteiger partial charge in [0.05, 0.1) is 74.8 Å². The predicted molar refractivity (Wildman–Crippen MR) is 504 cm³/mol. The molecule has 0 unspecified atom stereocenters. The molecule has 7 aromatic rings. The van der Waals surface area contributed by atoms with Crippen LogP contribution in [0.5, 0.6) is 17.5 Å². The molecular formula is C97H127Cl2F4N11O17RuS. The van der Waals surface area contributed by atoms with Crippen molar-refractivity contribution >= 4 is 108 Å². The molecule has 2 aliphatic carbocycles. The molecule has 2 saturated carbocycles. The van der Waals surface area contributed by atoms with E-state index in [1.807, 2.05) is 18.5 Å². The van der Waals surface area contributed by atoms with E-state index in [-0.39, 0.29) is 75.5 Å². The third kappa shape index (κ3) is 25.2. The van der Waals surface area contributed by atoms with Gasteiger partial charge >= 0.3 is 306 Å². The molecule has 5 aromatic carbocycles. The number of anilines is 2. The summed E-state index contributed by atoms with van der Waals surface area (Å²) in [5, 5.41) is 5.38. The summed E-state index contributed by atoms with van der Waals surface area (Å²) in [6, 6.07) is 22.3. The molecule has 13 rings (SSSR count).